The Kier molecular flexibility index (Phi) is 6.25. The predicted octanol–water partition coefficient (Wildman–Crippen LogP) is 7.40. The number of allylic oxidation sites excluding steroid dienone is 3. The second-order valence-corrected chi connectivity index (χ2v) is 13.6. The number of carbonyl (C=O) groups is 1. The minimum atomic E-state index is -0.796. The number of hydrogen-bond donors (Lipinski definition) is 2. The number of fused-ring (bicyclic) bond motifs is 5. The van der Waals surface area contributed by atoms with E-state index in [0.717, 1.165) is 25.7 Å². The summed E-state index contributed by atoms with van der Waals surface area (Å²) in [6.07, 6.45) is 14.7. The Morgan fingerprint density at radius 2 is 1.79 bits per heavy atom. The molecule has 33 heavy (non-hydrogen) atoms. The first kappa shape index (κ1) is 25.0. The molecule has 4 aliphatic carbocycles. The number of rotatable bonds is 5. The topological polar surface area (TPSA) is 57.5 Å². The SMILES string of the molecule is C/C(=C\CC[C@@H](C)[C@H]1CC[C@@]2(C)[C@@H]3CCC4C(C)(C)C(O)CC[C@]4(C)C3=CC[C@]12C)C(=O)O. The molecule has 0 spiro atoms. The van der Waals surface area contributed by atoms with Gasteiger partial charge in [-0.2, -0.15) is 0 Å². The van der Waals surface area contributed by atoms with Crippen LogP contribution < -0.4 is 0 Å². The van der Waals surface area contributed by atoms with Crippen LogP contribution in [0.15, 0.2) is 23.3 Å². The van der Waals surface area contributed by atoms with Crippen molar-refractivity contribution in [2.24, 2.45) is 45.3 Å². The predicted molar refractivity (Wildman–Crippen MR) is 135 cm³/mol. The third-order valence-corrected chi connectivity index (χ3v) is 12.0. The molecule has 2 unspecified atom stereocenters. The van der Waals surface area contributed by atoms with Gasteiger partial charge in [-0.1, -0.05) is 59.3 Å². The monoisotopic (exact) mass is 456 g/mol. The molecule has 3 fully saturated rings. The Morgan fingerprint density at radius 1 is 1.09 bits per heavy atom. The number of carboxylic acids is 1. The highest BCUT2D eigenvalue weighted by Crippen LogP contribution is 2.73. The zero-order valence-electron chi connectivity index (χ0n) is 22.2. The zero-order valence-corrected chi connectivity index (χ0v) is 22.2. The number of hydrogen-bond acceptors (Lipinski definition) is 2. The van der Waals surface area contributed by atoms with Crippen molar-refractivity contribution in [3.8, 4) is 0 Å². The summed E-state index contributed by atoms with van der Waals surface area (Å²) in [4.78, 5) is 11.1. The second kappa shape index (κ2) is 8.25. The Morgan fingerprint density at radius 3 is 2.45 bits per heavy atom. The van der Waals surface area contributed by atoms with Crippen LogP contribution in [-0.2, 0) is 4.79 Å². The second-order valence-electron chi connectivity index (χ2n) is 13.6. The van der Waals surface area contributed by atoms with Crippen LogP contribution in [0.3, 0.4) is 0 Å². The summed E-state index contributed by atoms with van der Waals surface area (Å²) in [5.41, 5.74) is 3.11. The maximum atomic E-state index is 11.1. The van der Waals surface area contributed by atoms with E-state index in [2.05, 4.69) is 47.6 Å². The summed E-state index contributed by atoms with van der Waals surface area (Å²) in [5, 5.41) is 20.0. The van der Waals surface area contributed by atoms with E-state index in [4.69, 9.17) is 5.11 Å². The van der Waals surface area contributed by atoms with Crippen LogP contribution in [0, 0.1) is 45.3 Å². The largest absolute Gasteiger partial charge is 0.478 e. The van der Waals surface area contributed by atoms with E-state index in [1.165, 1.54) is 32.1 Å². The molecule has 0 bridgehead atoms. The van der Waals surface area contributed by atoms with E-state index < -0.39 is 5.97 Å². The van der Waals surface area contributed by atoms with Crippen molar-refractivity contribution < 1.29 is 15.0 Å². The molecule has 0 amide bonds. The van der Waals surface area contributed by atoms with Crippen LogP contribution in [0.1, 0.15) is 106 Å². The summed E-state index contributed by atoms with van der Waals surface area (Å²) >= 11 is 0. The fourth-order valence-electron chi connectivity index (χ4n) is 9.52. The highest BCUT2D eigenvalue weighted by atomic mass is 16.4. The third-order valence-electron chi connectivity index (χ3n) is 12.0. The summed E-state index contributed by atoms with van der Waals surface area (Å²) in [6, 6.07) is 0. The van der Waals surface area contributed by atoms with Crippen molar-refractivity contribution in [2.75, 3.05) is 0 Å². The third kappa shape index (κ3) is 3.58. The lowest BCUT2D eigenvalue weighted by Crippen LogP contribution is -2.57. The molecule has 0 aromatic carbocycles. The van der Waals surface area contributed by atoms with Gasteiger partial charge < -0.3 is 10.2 Å². The normalized spacial score (nSPS) is 45.5. The minimum Gasteiger partial charge on any atom is -0.478 e. The van der Waals surface area contributed by atoms with Crippen molar-refractivity contribution in [3.63, 3.8) is 0 Å². The quantitative estimate of drug-likeness (QED) is 0.335. The van der Waals surface area contributed by atoms with E-state index in [0.29, 0.717) is 40.1 Å². The van der Waals surface area contributed by atoms with Gasteiger partial charge in [-0.05, 0) is 110 Å². The summed E-state index contributed by atoms with van der Waals surface area (Å²) < 4.78 is 0. The molecule has 8 atom stereocenters. The molecule has 0 aromatic heterocycles. The van der Waals surface area contributed by atoms with Gasteiger partial charge >= 0.3 is 5.97 Å². The van der Waals surface area contributed by atoms with Gasteiger partial charge in [0, 0.05) is 5.57 Å². The van der Waals surface area contributed by atoms with E-state index in [-0.39, 0.29) is 16.9 Å². The number of aliphatic carboxylic acids is 1. The van der Waals surface area contributed by atoms with Crippen LogP contribution in [0.2, 0.25) is 0 Å². The summed E-state index contributed by atoms with van der Waals surface area (Å²) in [5.74, 6) is 1.77. The average Bonchev–Trinajstić information content (AvgIpc) is 3.02. The van der Waals surface area contributed by atoms with Crippen LogP contribution >= 0.6 is 0 Å². The van der Waals surface area contributed by atoms with Crippen molar-refractivity contribution in [2.45, 2.75) is 112 Å². The molecular weight excluding hydrogens is 408 g/mol. The van der Waals surface area contributed by atoms with E-state index >= 15 is 0 Å². The molecule has 186 valence electrons. The Bertz CT molecular complexity index is 853. The number of aliphatic hydroxyl groups excluding tert-OH is 1. The van der Waals surface area contributed by atoms with Gasteiger partial charge in [0.2, 0.25) is 0 Å². The first-order valence-electron chi connectivity index (χ1n) is 13.6. The summed E-state index contributed by atoms with van der Waals surface area (Å²) in [6.45, 7) is 16.5. The van der Waals surface area contributed by atoms with Gasteiger partial charge in [0.25, 0.3) is 0 Å². The van der Waals surface area contributed by atoms with Gasteiger partial charge in [0.1, 0.15) is 0 Å². The van der Waals surface area contributed by atoms with Gasteiger partial charge in [-0.15, -0.1) is 0 Å². The zero-order chi connectivity index (χ0) is 24.4. The fourth-order valence-corrected chi connectivity index (χ4v) is 9.52. The first-order valence-corrected chi connectivity index (χ1v) is 13.6. The molecule has 0 saturated heterocycles. The van der Waals surface area contributed by atoms with E-state index in [1.807, 2.05) is 6.08 Å². The number of aliphatic hydroxyl groups is 1. The van der Waals surface area contributed by atoms with Crippen LogP contribution in [0.5, 0.6) is 0 Å². The summed E-state index contributed by atoms with van der Waals surface area (Å²) in [7, 11) is 0. The Labute approximate surface area is 202 Å². The lowest BCUT2D eigenvalue weighted by atomic mass is 9.41. The standard InChI is InChI=1S/C30H48O3/c1-19(9-8-10-20(2)26(32)33)21-13-17-30(7)23-11-12-24-27(3,4)25(31)15-16-28(24,5)22(23)14-18-29(21,30)6/h10,14,19,21,23-25,31H,8-9,11-13,15-18H2,1-7H3,(H,32,33)/b20-10+/t19-,21-,23-,24?,25?,28-,29-,30+/m1/s1. The van der Waals surface area contributed by atoms with Gasteiger partial charge in [-0.25, -0.2) is 4.79 Å². The molecular formula is C30H48O3. The molecule has 0 aliphatic heterocycles. The molecule has 2 N–H and O–H groups in total. The van der Waals surface area contributed by atoms with Gasteiger partial charge in [-0.3, -0.25) is 0 Å². The molecule has 0 radical (unpaired) electrons. The van der Waals surface area contributed by atoms with E-state index in [9.17, 15) is 9.90 Å². The van der Waals surface area contributed by atoms with Gasteiger partial charge in [0.15, 0.2) is 0 Å². The maximum absolute atomic E-state index is 11.1. The highest BCUT2D eigenvalue weighted by Gasteiger charge is 2.65. The fraction of sp³-hybridized carbons (Fsp3) is 0.833. The van der Waals surface area contributed by atoms with Crippen LogP contribution in [0.4, 0.5) is 0 Å². The van der Waals surface area contributed by atoms with Crippen LogP contribution in [-0.4, -0.2) is 22.3 Å². The van der Waals surface area contributed by atoms with Crippen molar-refractivity contribution >= 4 is 5.97 Å². The first-order chi connectivity index (χ1) is 15.3. The molecule has 0 aromatic rings. The maximum Gasteiger partial charge on any atom is 0.330 e. The van der Waals surface area contributed by atoms with Crippen molar-refractivity contribution in [1.29, 1.82) is 0 Å². The Balaban J connectivity index is 1.59. The van der Waals surface area contributed by atoms with Crippen molar-refractivity contribution in [3.05, 3.63) is 23.3 Å². The molecule has 3 nitrogen and oxygen atoms in total. The number of carboxylic acid groups (broad SMARTS) is 1. The van der Waals surface area contributed by atoms with Gasteiger partial charge in [0.05, 0.1) is 6.10 Å². The average molecular weight is 457 g/mol. The smallest absolute Gasteiger partial charge is 0.330 e. The van der Waals surface area contributed by atoms with E-state index in [1.54, 1.807) is 12.5 Å². The molecule has 3 heteroatoms. The van der Waals surface area contributed by atoms with Crippen LogP contribution in [0.25, 0.3) is 0 Å². The Hall–Kier alpha value is -1.09. The lowest BCUT2D eigenvalue weighted by molar-refractivity contribution is -0.132. The molecule has 4 rings (SSSR count). The lowest BCUT2D eigenvalue weighted by Gasteiger charge is -2.64. The highest BCUT2D eigenvalue weighted by molar-refractivity contribution is 5.85. The van der Waals surface area contributed by atoms with Crippen molar-refractivity contribution in [1.82, 2.24) is 0 Å². The molecule has 0 heterocycles. The minimum absolute atomic E-state index is 0.00517. The molecule has 4 aliphatic rings. The molecule has 3 saturated carbocycles.